The van der Waals surface area contributed by atoms with Crippen LogP contribution in [0.4, 0.5) is 0 Å². The molecule has 1 saturated heterocycles. The second-order valence-electron chi connectivity index (χ2n) is 3.66. The van der Waals surface area contributed by atoms with Gasteiger partial charge in [0.15, 0.2) is 0 Å². The summed E-state index contributed by atoms with van der Waals surface area (Å²) in [5, 5.41) is 6.05. The summed E-state index contributed by atoms with van der Waals surface area (Å²) in [6.07, 6.45) is 3.43. The van der Waals surface area contributed by atoms with E-state index in [9.17, 15) is 4.79 Å². The Bertz CT molecular complexity index is 326. The highest BCUT2D eigenvalue weighted by Crippen LogP contribution is 2.03. The maximum absolute atomic E-state index is 11.4. The molecule has 0 spiro atoms. The Hall–Kier alpha value is -1.42. The number of carbonyl (C=O) groups is 1. The van der Waals surface area contributed by atoms with Crippen molar-refractivity contribution < 1.29 is 4.79 Å². The average molecular weight is 205 g/mol. The van der Waals surface area contributed by atoms with Crippen LogP contribution in [0.1, 0.15) is 12.1 Å². The smallest absolute Gasteiger partial charge is 0.237 e. The molecule has 1 aromatic rings. The molecule has 1 fully saturated rings. The van der Waals surface area contributed by atoms with Crippen molar-refractivity contribution in [2.24, 2.45) is 0 Å². The first kappa shape index (κ1) is 10.1. The molecular weight excluding hydrogens is 190 g/mol. The van der Waals surface area contributed by atoms with Crippen molar-refractivity contribution in [2.75, 3.05) is 13.1 Å². The molecule has 15 heavy (non-hydrogen) atoms. The molecule has 4 nitrogen and oxygen atoms in total. The van der Waals surface area contributed by atoms with Crippen LogP contribution < -0.4 is 10.6 Å². The van der Waals surface area contributed by atoms with Crippen molar-refractivity contribution in [1.29, 1.82) is 0 Å². The molecule has 0 aromatic carbocycles. The van der Waals surface area contributed by atoms with Gasteiger partial charge in [-0.25, -0.2) is 0 Å². The van der Waals surface area contributed by atoms with Gasteiger partial charge in [-0.1, -0.05) is 6.07 Å². The third kappa shape index (κ3) is 2.76. The molecule has 1 amide bonds. The van der Waals surface area contributed by atoms with Gasteiger partial charge in [0.2, 0.25) is 5.91 Å². The first-order chi connectivity index (χ1) is 7.36. The van der Waals surface area contributed by atoms with Crippen LogP contribution in [0.5, 0.6) is 0 Å². The molecule has 0 saturated carbocycles. The van der Waals surface area contributed by atoms with Gasteiger partial charge in [-0.05, 0) is 25.0 Å². The molecule has 1 aromatic heterocycles. The van der Waals surface area contributed by atoms with E-state index in [0.717, 1.165) is 31.6 Å². The van der Waals surface area contributed by atoms with E-state index in [1.807, 2.05) is 18.2 Å². The van der Waals surface area contributed by atoms with Gasteiger partial charge in [-0.15, -0.1) is 0 Å². The lowest BCUT2D eigenvalue weighted by Gasteiger charge is -2.23. The van der Waals surface area contributed by atoms with Gasteiger partial charge < -0.3 is 10.6 Å². The lowest BCUT2D eigenvalue weighted by molar-refractivity contribution is -0.124. The van der Waals surface area contributed by atoms with E-state index in [-0.39, 0.29) is 11.9 Å². The van der Waals surface area contributed by atoms with Crippen LogP contribution in [-0.2, 0) is 11.2 Å². The zero-order valence-electron chi connectivity index (χ0n) is 8.57. The minimum Gasteiger partial charge on any atom is -0.353 e. The van der Waals surface area contributed by atoms with Crippen molar-refractivity contribution in [3.63, 3.8) is 0 Å². The Morgan fingerprint density at radius 1 is 1.40 bits per heavy atom. The summed E-state index contributed by atoms with van der Waals surface area (Å²) in [6, 6.07) is 5.80. The number of aromatic nitrogens is 1. The standard InChI is InChI=1S/C11H15N3O/c15-11-10(13-7-8-14-11)5-4-9-3-1-2-6-12-9/h1-3,6,10,13H,4-5,7-8H2,(H,14,15). The van der Waals surface area contributed by atoms with Gasteiger partial charge in [0.1, 0.15) is 0 Å². The second-order valence-corrected chi connectivity index (χ2v) is 3.66. The van der Waals surface area contributed by atoms with Gasteiger partial charge in [-0.2, -0.15) is 0 Å². The van der Waals surface area contributed by atoms with E-state index in [2.05, 4.69) is 15.6 Å². The van der Waals surface area contributed by atoms with E-state index >= 15 is 0 Å². The molecule has 4 heteroatoms. The molecule has 80 valence electrons. The zero-order valence-corrected chi connectivity index (χ0v) is 8.57. The number of hydrogen-bond acceptors (Lipinski definition) is 3. The molecule has 2 N–H and O–H groups in total. The van der Waals surface area contributed by atoms with E-state index < -0.39 is 0 Å². The maximum Gasteiger partial charge on any atom is 0.237 e. The largest absolute Gasteiger partial charge is 0.353 e. The summed E-state index contributed by atoms with van der Waals surface area (Å²) >= 11 is 0. The first-order valence-electron chi connectivity index (χ1n) is 5.27. The van der Waals surface area contributed by atoms with Crippen molar-refractivity contribution in [3.8, 4) is 0 Å². The highest BCUT2D eigenvalue weighted by molar-refractivity contribution is 5.82. The Labute approximate surface area is 89.1 Å². The van der Waals surface area contributed by atoms with Crippen molar-refractivity contribution >= 4 is 5.91 Å². The fourth-order valence-electron chi connectivity index (χ4n) is 1.72. The average Bonchev–Trinajstić information content (AvgIpc) is 2.29. The highest BCUT2D eigenvalue weighted by atomic mass is 16.2. The summed E-state index contributed by atoms with van der Waals surface area (Å²) in [6.45, 7) is 1.59. The summed E-state index contributed by atoms with van der Waals surface area (Å²) in [5.74, 6) is 0.109. The fraction of sp³-hybridized carbons (Fsp3) is 0.455. The Kier molecular flexibility index (Phi) is 3.29. The topological polar surface area (TPSA) is 54.0 Å². The number of nitrogens with one attached hydrogen (secondary N) is 2. The molecule has 2 heterocycles. The molecule has 1 aliphatic rings. The first-order valence-corrected chi connectivity index (χ1v) is 5.27. The predicted octanol–water partition coefficient (Wildman–Crippen LogP) is 0.102. The fourth-order valence-corrected chi connectivity index (χ4v) is 1.72. The highest BCUT2D eigenvalue weighted by Gasteiger charge is 2.20. The minimum absolute atomic E-state index is 0.0549. The van der Waals surface area contributed by atoms with E-state index in [1.165, 1.54) is 0 Å². The molecule has 2 rings (SSSR count). The van der Waals surface area contributed by atoms with Gasteiger partial charge in [-0.3, -0.25) is 9.78 Å². The van der Waals surface area contributed by atoms with Crippen LogP contribution >= 0.6 is 0 Å². The summed E-state index contributed by atoms with van der Waals surface area (Å²) in [5.41, 5.74) is 1.04. The third-order valence-electron chi connectivity index (χ3n) is 2.55. The number of hydrogen-bond donors (Lipinski definition) is 2. The molecule has 1 atom stereocenters. The zero-order chi connectivity index (χ0) is 10.5. The van der Waals surface area contributed by atoms with E-state index in [0.29, 0.717) is 0 Å². The quantitative estimate of drug-likeness (QED) is 0.736. The van der Waals surface area contributed by atoms with E-state index in [4.69, 9.17) is 0 Å². The predicted molar refractivity (Wildman–Crippen MR) is 57.4 cm³/mol. The minimum atomic E-state index is -0.0549. The normalized spacial score (nSPS) is 21.1. The summed E-state index contributed by atoms with van der Waals surface area (Å²) in [7, 11) is 0. The molecule has 1 unspecified atom stereocenters. The van der Waals surface area contributed by atoms with Gasteiger partial charge in [0.05, 0.1) is 6.04 Å². The Morgan fingerprint density at radius 2 is 2.33 bits per heavy atom. The van der Waals surface area contributed by atoms with Crippen LogP contribution in [-0.4, -0.2) is 30.0 Å². The lowest BCUT2D eigenvalue weighted by Crippen LogP contribution is -2.52. The van der Waals surface area contributed by atoms with Crippen molar-refractivity contribution in [2.45, 2.75) is 18.9 Å². The Balaban J connectivity index is 1.85. The number of aryl methyl sites for hydroxylation is 1. The van der Waals surface area contributed by atoms with Gasteiger partial charge in [0, 0.05) is 25.0 Å². The summed E-state index contributed by atoms with van der Waals surface area (Å²) in [4.78, 5) is 15.7. The van der Waals surface area contributed by atoms with Crippen molar-refractivity contribution in [1.82, 2.24) is 15.6 Å². The second kappa shape index (κ2) is 4.89. The molecular formula is C11H15N3O. The molecule has 0 aliphatic carbocycles. The number of pyridine rings is 1. The number of amides is 1. The lowest BCUT2D eigenvalue weighted by atomic mass is 10.1. The molecule has 0 radical (unpaired) electrons. The van der Waals surface area contributed by atoms with Gasteiger partial charge in [0.25, 0.3) is 0 Å². The maximum atomic E-state index is 11.4. The van der Waals surface area contributed by atoms with Crippen molar-refractivity contribution in [3.05, 3.63) is 30.1 Å². The Morgan fingerprint density at radius 3 is 3.07 bits per heavy atom. The van der Waals surface area contributed by atoms with Gasteiger partial charge >= 0.3 is 0 Å². The monoisotopic (exact) mass is 205 g/mol. The number of rotatable bonds is 3. The van der Waals surface area contributed by atoms with Crippen LogP contribution in [0.25, 0.3) is 0 Å². The third-order valence-corrected chi connectivity index (χ3v) is 2.55. The molecule has 1 aliphatic heterocycles. The van der Waals surface area contributed by atoms with Crippen LogP contribution in [0.3, 0.4) is 0 Å². The van der Waals surface area contributed by atoms with Crippen LogP contribution in [0.2, 0.25) is 0 Å². The van der Waals surface area contributed by atoms with Crippen LogP contribution in [0.15, 0.2) is 24.4 Å². The van der Waals surface area contributed by atoms with E-state index in [1.54, 1.807) is 6.20 Å². The summed E-state index contributed by atoms with van der Waals surface area (Å²) < 4.78 is 0. The SMILES string of the molecule is O=C1NCCNC1CCc1ccccn1. The van der Waals surface area contributed by atoms with Crippen LogP contribution in [0, 0.1) is 0 Å². The number of piperazine rings is 1. The molecule has 0 bridgehead atoms. The number of nitrogens with zero attached hydrogens (tertiary/aromatic N) is 1. The number of carbonyl (C=O) groups excluding carboxylic acids is 1.